The number of alkyl carbamates (subject to hydrolysis) is 2. The number of benzene rings is 2. The number of carbonyl (C=O) groups excluding carboxylic acids is 4. The first-order valence-corrected chi connectivity index (χ1v) is 19.1. The van der Waals surface area contributed by atoms with Crippen molar-refractivity contribution in [1.29, 1.82) is 0 Å². The van der Waals surface area contributed by atoms with E-state index in [2.05, 4.69) is 31.2 Å². The van der Waals surface area contributed by atoms with Crippen molar-refractivity contribution in [3.05, 3.63) is 108 Å². The molecule has 14 heteroatoms. The molecule has 0 saturated carbocycles. The van der Waals surface area contributed by atoms with E-state index in [4.69, 9.17) is 9.47 Å². The number of aliphatic hydroxyl groups excluding tert-OH is 2. The molecular formula is C44H56N6O8. The fourth-order valence-corrected chi connectivity index (χ4v) is 6.42. The topological polar surface area (TPSA) is 201 Å². The van der Waals surface area contributed by atoms with Crippen molar-refractivity contribution in [2.45, 2.75) is 90.8 Å². The molecular weight excluding hydrogens is 741 g/mol. The van der Waals surface area contributed by atoms with E-state index in [9.17, 15) is 29.4 Å². The maximum Gasteiger partial charge on any atom is 0.407 e. The Labute approximate surface area is 340 Å². The van der Waals surface area contributed by atoms with Crippen molar-refractivity contribution >= 4 is 24.0 Å². The molecule has 2 aromatic heterocycles. The Morgan fingerprint density at radius 2 is 0.897 bits per heavy atom. The van der Waals surface area contributed by atoms with Crippen LogP contribution in [0.1, 0.15) is 52.7 Å². The van der Waals surface area contributed by atoms with Crippen molar-refractivity contribution < 1.29 is 38.9 Å². The molecule has 0 radical (unpaired) electrons. The van der Waals surface area contributed by atoms with Gasteiger partial charge in [-0.25, -0.2) is 9.59 Å². The number of ether oxygens (including phenoxy) is 2. The molecule has 0 aliphatic carbocycles. The third-order valence-corrected chi connectivity index (χ3v) is 9.72. The van der Waals surface area contributed by atoms with E-state index in [0.717, 1.165) is 22.5 Å². The summed E-state index contributed by atoms with van der Waals surface area (Å²) in [5.74, 6) is -1.25. The molecule has 0 unspecified atom stereocenters. The summed E-state index contributed by atoms with van der Waals surface area (Å²) in [7, 11) is 2.38. The number of nitrogens with one attached hydrogen (secondary N) is 4. The SMILES string of the molecule is COC(=O)N[C@H](C(=O)N[C@@H](Cc1ccc(-c2ccccn2)cc1)[C@@H](O)[C@H](O)[C@H](Cc1ccc(-c2ccccn2)cc1)NC(=O)[C@@H](NC(=O)OC)C(C)(C)C)C(C)(C)C. The van der Waals surface area contributed by atoms with Crippen LogP contribution in [0.4, 0.5) is 9.59 Å². The Bertz CT molecular complexity index is 1810. The number of pyridine rings is 2. The maximum atomic E-state index is 14.0. The molecule has 14 nitrogen and oxygen atoms in total. The van der Waals surface area contributed by atoms with Crippen molar-refractivity contribution in [1.82, 2.24) is 31.2 Å². The zero-order valence-electron chi connectivity index (χ0n) is 34.4. The molecule has 0 fully saturated rings. The van der Waals surface area contributed by atoms with Crippen LogP contribution in [0.5, 0.6) is 0 Å². The predicted molar refractivity (Wildman–Crippen MR) is 220 cm³/mol. The molecule has 4 amide bonds. The lowest BCUT2D eigenvalue weighted by Gasteiger charge is -2.37. The monoisotopic (exact) mass is 796 g/mol. The minimum absolute atomic E-state index is 0.0511. The normalized spacial score (nSPS) is 14.7. The molecule has 0 aliphatic heterocycles. The number of methoxy groups -OCH3 is 2. The molecule has 0 bridgehead atoms. The Kier molecular flexibility index (Phi) is 15.5. The highest BCUT2D eigenvalue weighted by Crippen LogP contribution is 2.25. The van der Waals surface area contributed by atoms with E-state index in [1.165, 1.54) is 14.2 Å². The minimum Gasteiger partial charge on any atom is -0.453 e. The third-order valence-electron chi connectivity index (χ3n) is 9.72. The van der Waals surface area contributed by atoms with Gasteiger partial charge in [0.05, 0.1) is 37.7 Å². The summed E-state index contributed by atoms with van der Waals surface area (Å²) in [5.41, 5.74) is 3.08. The fourth-order valence-electron chi connectivity index (χ4n) is 6.42. The van der Waals surface area contributed by atoms with Crippen LogP contribution in [0.2, 0.25) is 0 Å². The molecule has 4 aromatic rings. The van der Waals surface area contributed by atoms with E-state index < -0.39 is 71.2 Å². The molecule has 0 saturated heterocycles. The minimum atomic E-state index is -1.67. The fraction of sp³-hybridized carbons (Fsp3) is 0.409. The van der Waals surface area contributed by atoms with Gasteiger partial charge in [0, 0.05) is 23.5 Å². The van der Waals surface area contributed by atoms with Gasteiger partial charge in [0.2, 0.25) is 11.8 Å². The highest BCUT2D eigenvalue weighted by molar-refractivity contribution is 5.87. The van der Waals surface area contributed by atoms with Crippen LogP contribution in [0.15, 0.2) is 97.3 Å². The Morgan fingerprint density at radius 1 is 0.552 bits per heavy atom. The quantitative estimate of drug-likeness (QED) is 0.0969. The van der Waals surface area contributed by atoms with Gasteiger partial charge < -0.3 is 41.0 Å². The smallest absolute Gasteiger partial charge is 0.407 e. The van der Waals surface area contributed by atoms with Gasteiger partial charge in [-0.1, -0.05) is 102 Å². The summed E-state index contributed by atoms with van der Waals surface area (Å²) in [6.45, 7) is 10.6. The van der Waals surface area contributed by atoms with Crippen molar-refractivity contribution in [2.24, 2.45) is 10.8 Å². The number of rotatable bonds is 15. The van der Waals surface area contributed by atoms with Crippen LogP contribution in [-0.4, -0.2) is 94.8 Å². The Morgan fingerprint density at radius 3 is 1.17 bits per heavy atom. The Balaban J connectivity index is 1.72. The number of aromatic nitrogens is 2. The second-order valence-electron chi connectivity index (χ2n) is 16.3. The summed E-state index contributed by atoms with van der Waals surface area (Å²) in [6.07, 6.45) is -1.48. The van der Waals surface area contributed by atoms with Crippen LogP contribution >= 0.6 is 0 Å². The maximum absolute atomic E-state index is 14.0. The van der Waals surface area contributed by atoms with Gasteiger partial charge in [-0.3, -0.25) is 19.6 Å². The molecule has 310 valence electrons. The number of carbonyl (C=O) groups is 4. The average molecular weight is 797 g/mol. The molecule has 4 rings (SSSR count). The van der Waals surface area contributed by atoms with Crippen LogP contribution in [0.3, 0.4) is 0 Å². The predicted octanol–water partition coefficient (Wildman–Crippen LogP) is 4.83. The van der Waals surface area contributed by atoms with Gasteiger partial charge in [0.15, 0.2) is 0 Å². The second-order valence-corrected chi connectivity index (χ2v) is 16.3. The van der Waals surface area contributed by atoms with Crippen LogP contribution in [-0.2, 0) is 31.9 Å². The lowest BCUT2D eigenvalue weighted by atomic mass is 9.84. The molecule has 0 spiro atoms. The van der Waals surface area contributed by atoms with E-state index >= 15 is 0 Å². The molecule has 0 aliphatic rings. The first kappa shape index (κ1) is 44.8. The number of aliphatic hydroxyl groups is 2. The van der Waals surface area contributed by atoms with Crippen LogP contribution < -0.4 is 21.3 Å². The number of hydrogen-bond donors (Lipinski definition) is 6. The van der Waals surface area contributed by atoms with E-state index in [1.54, 1.807) is 53.9 Å². The summed E-state index contributed by atoms with van der Waals surface area (Å²) >= 11 is 0. The van der Waals surface area contributed by atoms with E-state index in [-0.39, 0.29) is 12.8 Å². The van der Waals surface area contributed by atoms with Gasteiger partial charge >= 0.3 is 12.2 Å². The van der Waals surface area contributed by atoms with Gasteiger partial charge in [0.1, 0.15) is 24.3 Å². The Hall–Kier alpha value is -5.86. The van der Waals surface area contributed by atoms with E-state index in [0.29, 0.717) is 11.1 Å². The lowest BCUT2D eigenvalue weighted by Crippen LogP contribution is -2.62. The zero-order chi connectivity index (χ0) is 42.6. The molecule has 2 heterocycles. The number of amides is 4. The highest BCUT2D eigenvalue weighted by atomic mass is 16.5. The van der Waals surface area contributed by atoms with Crippen LogP contribution in [0, 0.1) is 10.8 Å². The third kappa shape index (κ3) is 12.6. The summed E-state index contributed by atoms with van der Waals surface area (Å²) in [6, 6.07) is 21.5. The zero-order valence-corrected chi connectivity index (χ0v) is 34.4. The average Bonchev–Trinajstić information content (AvgIpc) is 3.20. The van der Waals surface area contributed by atoms with Gasteiger partial charge in [-0.15, -0.1) is 0 Å². The van der Waals surface area contributed by atoms with Gasteiger partial charge in [0.25, 0.3) is 0 Å². The van der Waals surface area contributed by atoms with Crippen molar-refractivity contribution in [3.63, 3.8) is 0 Å². The van der Waals surface area contributed by atoms with Gasteiger partial charge in [-0.05, 0) is 59.1 Å². The summed E-state index contributed by atoms with van der Waals surface area (Å²) in [4.78, 5) is 61.5. The van der Waals surface area contributed by atoms with E-state index in [1.807, 2.05) is 84.9 Å². The largest absolute Gasteiger partial charge is 0.453 e. The summed E-state index contributed by atoms with van der Waals surface area (Å²) in [5, 5.41) is 35.2. The first-order chi connectivity index (χ1) is 27.4. The number of nitrogens with zero attached hydrogens (tertiary/aromatic N) is 2. The molecule has 6 N–H and O–H groups in total. The van der Waals surface area contributed by atoms with Gasteiger partial charge in [-0.2, -0.15) is 0 Å². The molecule has 2 aromatic carbocycles. The molecule has 6 atom stereocenters. The lowest BCUT2D eigenvalue weighted by molar-refractivity contribution is -0.130. The standard InChI is InChI=1S/C44H56N6O8/c1-43(2,3)37(49-41(55)57-7)39(53)47-33(25-27-15-19-29(20-16-27)31-13-9-11-23-45-31)35(51)36(52)34(48-40(54)38(44(4,5)6)50-42(56)58-8)26-28-17-21-30(22-18-28)32-14-10-12-24-46-32/h9-24,33-38,51-52H,25-26H2,1-8H3,(H,47,53)(H,48,54)(H,49,55)(H,50,56)/t33-,34-,35+,36+,37+,38+/m0/s1. The second kappa shape index (κ2) is 20.0. The summed E-state index contributed by atoms with van der Waals surface area (Å²) < 4.78 is 9.58. The van der Waals surface area contributed by atoms with Crippen LogP contribution in [0.25, 0.3) is 22.5 Å². The highest BCUT2D eigenvalue weighted by Gasteiger charge is 2.40. The van der Waals surface area contributed by atoms with Crippen molar-refractivity contribution in [3.8, 4) is 22.5 Å². The number of hydrogen-bond acceptors (Lipinski definition) is 10. The molecule has 58 heavy (non-hydrogen) atoms. The van der Waals surface area contributed by atoms with Crippen molar-refractivity contribution in [2.75, 3.05) is 14.2 Å². The first-order valence-electron chi connectivity index (χ1n) is 19.1.